The zero-order chi connectivity index (χ0) is 13.6. The molecule has 0 radical (unpaired) electrons. The number of allylic oxidation sites excluding steroid dienone is 1. The van der Waals surface area contributed by atoms with Gasteiger partial charge in [0.05, 0.1) is 0 Å². The summed E-state index contributed by atoms with van der Waals surface area (Å²) in [5.41, 5.74) is 5.46. The number of sulfonamides is 1. The molecule has 0 spiro atoms. The summed E-state index contributed by atoms with van der Waals surface area (Å²) in [6.07, 6.45) is 4.13. The van der Waals surface area contributed by atoms with Gasteiger partial charge in [-0.1, -0.05) is 6.08 Å². The van der Waals surface area contributed by atoms with Crippen LogP contribution in [-0.4, -0.2) is 32.9 Å². The molecule has 1 rings (SSSR count). The Morgan fingerprint density at radius 2 is 2.22 bits per heavy atom. The predicted octanol–water partition coefficient (Wildman–Crippen LogP) is 1.84. The maximum Gasteiger partial charge on any atom is 0.252 e. The minimum absolute atomic E-state index is 0.395. The molecule has 18 heavy (non-hydrogen) atoms. The molecule has 2 N–H and O–H groups in total. The number of hydrogen-bond acceptors (Lipinski definition) is 4. The number of nitrogens with two attached hydrogens (primary N) is 1. The smallest absolute Gasteiger partial charge is 0.252 e. The zero-order valence-corrected chi connectivity index (χ0v) is 12.3. The van der Waals surface area contributed by atoms with Crippen molar-refractivity contribution in [2.24, 2.45) is 5.73 Å². The Morgan fingerprint density at radius 1 is 1.50 bits per heavy atom. The van der Waals surface area contributed by atoms with Crippen LogP contribution in [0.5, 0.6) is 0 Å². The van der Waals surface area contributed by atoms with Gasteiger partial charge in [0, 0.05) is 18.5 Å². The first-order valence-electron chi connectivity index (χ1n) is 5.88. The standard InChI is InChI=1S/C12H20N2O2S2/c1-3-4-5-10-14(2)18(15,16)12-7-6-11(17-12)8-9-13/h3,6-7H,1,4-5,8-10,13H2,2H3. The lowest BCUT2D eigenvalue weighted by Crippen LogP contribution is -2.27. The molecule has 0 saturated carbocycles. The third-order valence-corrected chi connectivity index (χ3v) is 6.04. The molecule has 0 atom stereocenters. The van der Waals surface area contributed by atoms with Crippen LogP contribution in [0.2, 0.25) is 0 Å². The molecule has 0 saturated heterocycles. The van der Waals surface area contributed by atoms with Gasteiger partial charge in [0.15, 0.2) is 0 Å². The van der Waals surface area contributed by atoms with Crippen LogP contribution >= 0.6 is 11.3 Å². The predicted molar refractivity (Wildman–Crippen MR) is 76.3 cm³/mol. The molecule has 0 aromatic carbocycles. The zero-order valence-electron chi connectivity index (χ0n) is 10.6. The van der Waals surface area contributed by atoms with Crippen LogP contribution in [0.4, 0.5) is 0 Å². The molecule has 6 heteroatoms. The molecule has 1 aromatic rings. The topological polar surface area (TPSA) is 63.4 Å². The first kappa shape index (κ1) is 15.4. The number of hydrogen-bond donors (Lipinski definition) is 1. The Bertz CT molecular complexity index is 480. The van der Waals surface area contributed by atoms with Crippen molar-refractivity contribution < 1.29 is 8.42 Å². The lowest BCUT2D eigenvalue weighted by molar-refractivity contribution is 0.464. The summed E-state index contributed by atoms with van der Waals surface area (Å²) in [6.45, 7) is 4.67. The van der Waals surface area contributed by atoms with E-state index in [9.17, 15) is 8.42 Å². The molecule has 0 unspecified atom stereocenters. The molecular weight excluding hydrogens is 268 g/mol. The molecule has 4 nitrogen and oxygen atoms in total. The summed E-state index contributed by atoms with van der Waals surface area (Å²) in [5, 5.41) is 0. The summed E-state index contributed by atoms with van der Waals surface area (Å²) >= 11 is 1.30. The highest BCUT2D eigenvalue weighted by atomic mass is 32.2. The van der Waals surface area contributed by atoms with Crippen molar-refractivity contribution in [2.75, 3.05) is 20.1 Å². The fourth-order valence-corrected chi connectivity index (χ4v) is 4.30. The highest BCUT2D eigenvalue weighted by Crippen LogP contribution is 2.24. The summed E-state index contributed by atoms with van der Waals surface area (Å²) in [7, 11) is -1.73. The average Bonchev–Trinajstić information content (AvgIpc) is 2.79. The summed E-state index contributed by atoms with van der Waals surface area (Å²) in [4.78, 5) is 1.01. The van der Waals surface area contributed by atoms with Crippen LogP contribution in [0.25, 0.3) is 0 Å². The first-order valence-corrected chi connectivity index (χ1v) is 8.14. The third-order valence-electron chi connectivity index (χ3n) is 2.57. The molecule has 0 aliphatic rings. The normalized spacial score (nSPS) is 11.9. The van der Waals surface area contributed by atoms with E-state index < -0.39 is 10.0 Å². The summed E-state index contributed by atoms with van der Waals surface area (Å²) in [6, 6.07) is 3.50. The number of thiophene rings is 1. The summed E-state index contributed by atoms with van der Waals surface area (Å²) in [5.74, 6) is 0. The second-order valence-electron chi connectivity index (χ2n) is 4.02. The van der Waals surface area contributed by atoms with Crippen molar-refractivity contribution >= 4 is 21.4 Å². The molecule has 1 heterocycles. The van der Waals surface area contributed by atoms with Gasteiger partial charge in [-0.3, -0.25) is 0 Å². The molecule has 1 aromatic heterocycles. The molecule has 0 fully saturated rings. The van der Waals surface area contributed by atoms with Gasteiger partial charge >= 0.3 is 0 Å². The van der Waals surface area contributed by atoms with E-state index in [0.717, 1.165) is 24.1 Å². The molecule has 0 aliphatic heterocycles. The van der Waals surface area contributed by atoms with Crippen molar-refractivity contribution in [2.45, 2.75) is 23.5 Å². The Labute approximate surface area is 113 Å². The van der Waals surface area contributed by atoms with Gasteiger partial charge in [0.2, 0.25) is 0 Å². The maximum absolute atomic E-state index is 12.2. The minimum Gasteiger partial charge on any atom is -0.330 e. The van der Waals surface area contributed by atoms with Gasteiger partial charge in [-0.25, -0.2) is 12.7 Å². The first-order chi connectivity index (χ1) is 8.52. The van der Waals surface area contributed by atoms with Crippen molar-refractivity contribution in [3.8, 4) is 0 Å². The average molecular weight is 288 g/mol. The van der Waals surface area contributed by atoms with Crippen LogP contribution in [0.15, 0.2) is 29.0 Å². The van der Waals surface area contributed by atoms with Crippen LogP contribution < -0.4 is 5.73 Å². The van der Waals surface area contributed by atoms with E-state index in [1.165, 1.54) is 15.6 Å². The van der Waals surface area contributed by atoms with Crippen molar-refractivity contribution in [1.82, 2.24) is 4.31 Å². The SMILES string of the molecule is C=CCCCN(C)S(=O)(=O)c1ccc(CCN)s1. The Kier molecular flexibility index (Phi) is 6.01. The van der Waals surface area contributed by atoms with Crippen molar-refractivity contribution in [3.05, 3.63) is 29.7 Å². The van der Waals surface area contributed by atoms with Crippen LogP contribution in [0, 0.1) is 0 Å². The van der Waals surface area contributed by atoms with Crippen LogP contribution in [-0.2, 0) is 16.4 Å². The van der Waals surface area contributed by atoms with Gasteiger partial charge in [-0.2, -0.15) is 0 Å². The number of unbranched alkanes of at least 4 members (excludes halogenated alkanes) is 1. The lowest BCUT2D eigenvalue weighted by Gasteiger charge is -2.15. The highest BCUT2D eigenvalue weighted by molar-refractivity contribution is 7.91. The monoisotopic (exact) mass is 288 g/mol. The van der Waals surface area contributed by atoms with Crippen molar-refractivity contribution in [1.29, 1.82) is 0 Å². The molecular formula is C12H20N2O2S2. The van der Waals surface area contributed by atoms with E-state index in [1.807, 2.05) is 6.07 Å². The third kappa shape index (κ3) is 3.91. The van der Waals surface area contributed by atoms with Crippen LogP contribution in [0.1, 0.15) is 17.7 Å². The number of nitrogens with zero attached hydrogens (tertiary/aromatic N) is 1. The Hall–Kier alpha value is -0.690. The fourth-order valence-electron chi connectivity index (χ4n) is 1.51. The Balaban J connectivity index is 2.74. The number of rotatable bonds is 8. The van der Waals surface area contributed by atoms with E-state index in [4.69, 9.17) is 5.73 Å². The van der Waals surface area contributed by atoms with Gasteiger partial charge < -0.3 is 5.73 Å². The summed E-state index contributed by atoms with van der Waals surface area (Å²) < 4.78 is 26.2. The van der Waals surface area contributed by atoms with E-state index in [-0.39, 0.29) is 0 Å². The van der Waals surface area contributed by atoms with Gasteiger partial charge in [-0.15, -0.1) is 17.9 Å². The lowest BCUT2D eigenvalue weighted by atomic mass is 10.3. The minimum atomic E-state index is -3.34. The van der Waals surface area contributed by atoms with E-state index in [2.05, 4.69) is 6.58 Å². The van der Waals surface area contributed by atoms with E-state index in [0.29, 0.717) is 17.3 Å². The van der Waals surface area contributed by atoms with E-state index in [1.54, 1.807) is 19.2 Å². The van der Waals surface area contributed by atoms with Crippen molar-refractivity contribution in [3.63, 3.8) is 0 Å². The quantitative estimate of drug-likeness (QED) is 0.586. The molecule has 0 amide bonds. The molecule has 0 aliphatic carbocycles. The molecule has 102 valence electrons. The highest BCUT2D eigenvalue weighted by Gasteiger charge is 2.22. The fraction of sp³-hybridized carbons (Fsp3) is 0.500. The molecule has 0 bridgehead atoms. The largest absolute Gasteiger partial charge is 0.330 e. The second kappa shape index (κ2) is 7.04. The van der Waals surface area contributed by atoms with Crippen LogP contribution in [0.3, 0.4) is 0 Å². The van der Waals surface area contributed by atoms with Gasteiger partial charge in [-0.05, 0) is 37.9 Å². The maximum atomic E-state index is 12.2. The van der Waals surface area contributed by atoms with Gasteiger partial charge in [0.1, 0.15) is 4.21 Å². The van der Waals surface area contributed by atoms with E-state index >= 15 is 0 Å². The van der Waals surface area contributed by atoms with Gasteiger partial charge in [0.25, 0.3) is 10.0 Å². The Morgan fingerprint density at radius 3 is 2.83 bits per heavy atom. The second-order valence-corrected chi connectivity index (χ2v) is 7.46.